The molecule has 6 rings (SSSR count). The Kier molecular flexibility index (Phi) is 6.65. The van der Waals surface area contributed by atoms with Crippen molar-refractivity contribution >= 4 is 10.0 Å². The normalized spacial score (nSPS) is 21.0. The lowest BCUT2D eigenvalue weighted by Crippen LogP contribution is -2.29. The summed E-state index contributed by atoms with van der Waals surface area (Å²) in [5.74, 6) is 2.34. The summed E-state index contributed by atoms with van der Waals surface area (Å²) < 4.78 is 37.9. The van der Waals surface area contributed by atoms with Crippen molar-refractivity contribution < 1.29 is 17.9 Å². The van der Waals surface area contributed by atoms with E-state index in [9.17, 15) is 13.7 Å². The molecule has 0 amide bonds. The van der Waals surface area contributed by atoms with Crippen LogP contribution in [0.1, 0.15) is 71.1 Å². The van der Waals surface area contributed by atoms with Crippen molar-refractivity contribution in [2.45, 2.75) is 64.1 Å². The molecule has 6 nitrogen and oxygen atoms in total. The fourth-order valence-electron chi connectivity index (χ4n) is 6.24. The highest BCUT2D eigenvalue weighted by Gasteiger charge is 2.32. The number of nitriles is 1. The summed E-state index contributed by atoms with van der Waals surface area (Å²) in [5.41, 5.74) is 8.54. The average molecular weight is 543 g/mol. The quantitative estimate of drug-likeness (QED) is 0.355. The Labute approximate surface area is 231 Å². The number of rotatable bonds is 7. The summed E-state index contributed by atoms with van der Waals surface area (Å²) >= 11 is 0. The van der Waals surface area contributed by atoms with Crippen LogP contribution in [0.5, 0.6) is 11.5 Å². The molecule has 7 heteroatoms. The Morgan fingerprint density at radius 3 is 2.23 bits per heavy atom. The molecule has 0 aromatic heterocycles. The Balaban J connectivity index is 1.27. The fourth-order valence-corrected chi connectivity index (χ4v) is 7.11. The van der Waals surface area contributed by atoms with E-state index in [-0.39, 0.29) is 12.2 Å². The van der Waals surface area contributed by atoms with Gasteiger partial charge in [0.2, 0.25) is 10.0 Å². The van der Waals surface area contributed by atoms with Crippen LogP contribution in [0, 0.1) is 25.2 Å². The van der Waals surface area contributed by atoms with Gasteiger partial charge >= 0.3 is 0 Å². The van der Waals surface area contributed by atoms with E-state index in [0.717, 1.165) is 58.1 Å². The first-order valence-electron chi connectivity index (χ1n) is 13.8. The van der Waals surface area contributed by atoms with Crippen molar-refractivity contribution in [2.75, 3.05) is 19.3 Å². The fraction of sp³-hybridized carbons (Fsp3) is 0.406. The number of benzene rings is 3. The molecule has 2 atom stereocenters. The molecule has 2 fully saturated rings. The van der Waals surface area contributed by atoms with E-state index >= 15 is 0 Å². The third kappa shape index (κ3) is 5.16. The Morgan fingerprint density at radius 2 is 1.62 bits per heavy atom. The number of sulfonamides is 1. The van der Waals surface area contributed by atoms with E-state index in [1.807, 2.05) is 18.2 Å². The molecule has 1 saturated carbocycles. The van der Waals surface area contributed by atoms with Crippen LogP contribution in [0.4, 0.5) is 0 Å². The van der Waals surface area contributed by atoms with E-state index in [2.05, 4.69) is 50.2 Å². The van der Waals surface area contributed by atoms with Crippen LogP contribution in [0.15, 0.2) is 48.5 Å². The molecule has 3 aliphatic rings. The predicted octanol–water partition coefficient (Wildman–Crippen LogP) is 6.20. The maximum absolute atomic E-state index is 11.9. The highest BCUT2D eigenvalue weighted by molar-refractivity contribution is 7.88. The van der Waals surface area contributed by atoms with E-state index in [0.29, 0.717) is 25.1 Å². The minimum absolute atomic E-state index is 0.0401. The van der Waals surface area contributed by atoms with Crippen molar-refractivity contribution in [3.63, 3.8) is 0 Å². The van der Waals surface area contributed by atoms with E-state index < -0.39 is 10.0 Å². The smallest absolute Gasteiger partial charge is 0.211 e. The van der Waals surface area contributed by atoms with Crippen molar-refractivity contribution in [3.8, 4) is 28.7 Å². The minimum atomic E-state index is -3.22. The highest BCUT2D eigenvalue weighted by atomic mass is 32.2. The molecule has 1 saturated heterocycles. The number of fused-ring (bicyclic) bond motifs is 1. The molecule has 0 radical (unpaired) electrons. The van der Waals surface area contributed by atoms with Gasteiger partial charge in [-0.15, -0.1) is 0 Å². The second-order valence-electron chi connectivity index (χ2n) is 11.2. The third-order valence-corrected chi connectivity index (χ3v) is 9.59. The van der Waals surface area contributed by atoms with Crippen LogP contribution in [-0.2, 0) is 16.4 Å². The summed E-state index contributed by atoms with van der Waals surface area (Å²) in [5, 5.41) is 10.0. The van der Waals surface area contributed by atoms with Crippen LogP contribution >= 0.6 is 0 Å². The van der Waals surface area contributed by atoms with Gasteiger partial charge in [-0.05, 0) is 116 Å². The van der Waals surface area contributed by atoms with Gasteiger partial charge in [0.15, 0.2) is 0 Å². The van der Waals surface area contributed by atoms with Gasteiger partial charge in [-0.1, -0.05) is 18.2 Å². The molecule has 2 aliphatic carbocycles. The predicted molar refractivity (Wildman–Crippen MR) is 152 cm³/mol. The zero-order valence-corrected chi connectivity index (χ0v) is 23.6. The second kappa shape index (κ2) is 10.0. The third-order valence-electron chi connectivity index (χ3n) is 8.32. The van der Waals surface area contributed by atoms with Gasteiger partial charge in [0.1, 0.15) is 23.7 Å². The van der Waals surface area contributed by atoms with E-state index in [1.54, 1.807) is 0 Å². The summed E-state index contributed by atoms with van der Waals surface area (Å²) in [7, 11) is -3.22. The monoisotopic (exact) mass is 542 g/mol. The number of hydrogen-bond acceptors (Lipinski definition) is 5. The molecule has 0 N–H and O–H groups in total. The molecule has 1 heterocycles. The lowest BCUT2D eigenvalue weighted by Gasteiger charge is -2.20. The minimum Gasteiger partial charge on any atom is -0.489 e. The van der Waals surface area contributed by atoms with Gasteiger partial charge in [-0.25, -0.2) is 8.42 Å². The number of ether oxygens (including phenoxy) is 2. The molecule has 1 aliphatic heterocycles. The molecule has 2 unspecified atom stereocenters. The van der Waals surface area contributed by atoms with Gasteiger partial charge in [-0.3, -0.25) is 0 Å². The van der Waals surface area contributed by atoms with Crippen molar-refractivity contribution in [1.82, 2.24) is 4.31 Å². The Hall–Kier alpha value is -3.34. The maximum Gasteiger partial charge on any atom is 0.211 e. The van der Waals surface area contributed by atoms with Gasteiger partial charge in [0.25, 0.3) is 0 Å². The zero-order valence-electron chi connectivity index (χ0n) is 22.7. The number of aryl methyl sites for hydroxylation is 2. The molecule has 202 valence electrons. The summed E-state index contributed by atoms with van der Waals surface area (Å²) in [6.45, 7) is 4.96. The van der Waals surface area contributed by atoms with Crippen molar-refractivity contribution in [3.05, 3.63) is 81.9 Å². The van der Waals surface area contributed by atoms with E-state index in [4.69, 9.17) is 9.47 Å². The maximum atomic E-state index is 11.9. The first kappa shape index (κ1) is 25.9. The average Bonchev–Trinajstić information content (AvgIpc) is 3.50. The lowest BCUT2D eigenvalue weighted by molar-refractivity contribution is 0.207. The van der Waals surface area contributed by atoms with Crippen LogP contribution in [-0.4, -0.2) is 38.2 Å². The molecule has 0 bridgehead atoms. The van der Waals surface area contributed by atoms with Crippen LogP contribution < -0.4 is 9.47 Å². The zero-order chi connectivity index (χ0) is 27.3. The first-order valence-corrected chi connectivity index (χ1v) is 15.6. The lowest BCUT2D eigenvalue weighted by atomic mass is 9.87. The van der Waals surface area contributed by atoms with Gasteiger partial charge in [0.05, 0.1) is 24.4 Å². The summed E-state index contributed by atoms with van der Waals surface area (Å²) in [4.78, 5) is 0. The molecule has 3 aromatic carbocycles. The van der Waals surface area contributed by atoms with Crippen molar-refractivity contribution in [2.24, 2.45) is 0 Å². The standard InChI is InChI=1S/C32H34N2O4S/c1-20-16-27(37-26-14-15-34(19-26)39(3,35)36)17-21(2)31(20)32-24(18-33)8-11-28-29(32)12-13-30(28)38-25-9-6-23(7-10-25)22-4-5-22/h6-11,16-17,22,26,30H,4-5,12-15,19H2,1-3H3. The molecular formula is C32H34N2O4S. The van der Waals surface area contributed by atoms with Gasteiger partial charge < -0.3 is 9.47 Å². The number of nitrogens with zero attached hydrogens (tertiary/aromatic N) is 2. The Bertz CT molecular complexity index is 1550. The largest absolute Gasteiger partial charge is 0.489 e. The SMILES string of the molecule is Cc1cc(OC2CCN(S(C)(=O)=O)C2)cc(C)c1-c1c(C#N)ccc2c1CCC2Oc1ccc(C2CC2)cc1. The number of hydrogen-bond donors (Lipinski definition) is 0. The van der Waals surface area contributed by atoms with Crippen LogP contribution in [0.25, 0.3) is 11.1 Å². The topological polar surface area (TPSA) is 79.6 Å². The van der Waals surface area contributed by atoms with Crippen molar-refractivity contribution in [1.29, 1.82) is 5.26 Å². The highest BCUT2D eigenvalue weighted by Crippen LogP contribution is 2.45. The first-order chi connectivity index (χ1) is 18.7. The molecule has 39 heavy (non-hydrogen) atoms. The summed E-state index contributed by atoms with van der Waals surface area (Å²) in [6.07, 6.45) is 6.00. The van der Waals surface area contributed by atoms with Gasteiger partial charge in [-0.2, -0.15) is 9.57 Å². The molecule has 3 aromatic rings. The van der Waals surface area contributed by atoms with E-state index in [1.165, 1.54) is 34.5 Å². The second-order valence-corrected chi connectivity index (χ2v) is 13.2. The van der Waals surface area contributed by atoms with Crippen LogP contribution in [0.2, 0.25) is 0 Å². The Morgan fingerprint density at radius 1 is 0.897 bits per heavy atom. The summed E-state index contributed by atoms with van der Waals surface area (Å²) in [6, 6.07) is 19.0. The molecule has 0 spiro atoms. The van der Waals surface area contributed by atoms with Crippen LogP contribution in [0.3, 0.4) is 0 Å². The molecular weight excluding hydrogens is 508 g/mol. The van der Waals surface area contributed by atoms with Gasteiger partial charge in [0, 0.05) is 12.1 Å².